The van der Waals surface area contributed by atoms with Gasteiger partial charge in [0.1, 0.15) is 23.4 Å². The Bertz CT molecular complexity index is 665. The molecule has 21 heavy (non-hydrogen) atoms. The molecule has 1 unspecified atom stereocenters. The molecule has 0 saturated heterocycles. The van der Waals surface area contributed by atoms with Gasteiger partial charge in [-0.05, 0) is 6.92 Å². The fourth-order valence-corrected chi connectivity index (χ4v) is 2.65. The highest BCUT2D eigenvalue weighted by molar-refractivity contribution is 7.13. The molecule has 8 heteroatoms. The van der Waals surface area contributed by atoms with Gasteiger partial charge in [0, 0.05) is 30.4 Å². The first-order valence-electron chi connectivity index (χ1n) is 6.58. The average Bonchev–Trinajstić information content (AvgIpc) is 3.17. The van der Waals surface area contributed by atoms with Crippen LogP contribution < -0.4 is 5.32 Å². The summed E-state index contributed by atoms with van der Waals surface area (Å²) in [5, 5.41) is 10.4. The van der Waals surface area contributed by atoms with Gasteiger partial charge in [-0.3, -0.25) is 14.6 Å². The van der Waals surface area contributed by atoms with Crippen molar-refractivity contribution in [2.75, 3.05) is 0 Å². The van der Waals surface area contributed by atoms with Crippen molar-refractivity contribution >= 4 is 11.3 Å². The largest absolute Gasteiger partial charge is 0.307 e. The van der Waals surface area contributed by atoms with Crippen LogP contribution in [0.25, 0.3) is 10.7 Å². The number of aromatic nitrogens is 6. The molecule has 0 fully saturated rings. The molecule has 0 amide bonds. The number of nitrogens with one attached hydrogen (secondary N) is 1. The van der Waals surface area contributed by atoms with Crippen LogP contribution in [-0.4, -0.2) is 35.8 Å². The van der Waals surface area contributed by atoms with Crippen LogP contribution >= 0.6 is 11.3 Å². The first-order chi connectivity index (χ1) is 10.3. The molecule has 1 atom stereocenters. The van der Waals surface area contributed by atoms with E-state index in [0.29, 0.717) is 6.54 Å². The first-order valence-corrected chi connectivity index (χ1v) is 7.46. The molecule has 3 rings (SSSR count). The van der Waals surface area contributed by atoms with Crippen molar-refractivity contribution in [1.82, 2.24) is 35.0 Å². The van der Waals surface area contributed by atoms with Gasteiger partial charge in [0.25, 0.3) is 0 Å². The molecule has 108 valence electrons. The lowest BCUT2D eigenvalue weighted by molar-refractivity contribution is 0.448. The van der Waals surface area contributed by atoms with Gasteiger partial charge in [0.15, 0.2) is 0 Å². The molecular formula is C13H15N7S. The lowest BCUT2D eigenvalue weighted by atomic mass is 10.3. The summed E-state index contributed by atoms with van der Waals surface area (Å²) in [6, 6.07) is 0.286. The third-order valence-corrected chi connectivity index (χ3v) is 3.81. The second-order valence-electron chi connectivity index (χ2n) is 4.63. The van der Waals surface area contributed by atoms with Gasteiger partial charge in [-0.1, -0.05) is 0 Å². The standard InChI is InChI=1S/C13H15N7S/c1-10(6-20-9-15-8-18-20)17-4-11-7-21-13(19-11)12-5-14-2-3-16-12/h2-3,5,7-10,17H,4,6H2,1H3. The molecule has 0 bridgehead atoms. The van der Waals surface area contributed by atoms with Gasteiger partial charge < -0.3 is 5.32 Å². The van der Waals surface area contributed by atoms with Gasteiger partial charge >= 0.3 is 0 Å². The minimum atomic E-state index is 0.286. The summed E-state index contributed by atoms with van der Waals surface area (Å²) in [5.41, 5.74) is 1.82. The molecule has 0 spiro atoms. The fraction of sp³-hybridized carbons (Fsp3) is 0.308. The molecule has 3 aromatic rings. The van der Waals surface area contributed by atoms with E-state index < -0.39 is 0 Å². The van der Waals surface area contributed by atoms with Crippen molar-refractivity contribution in [1.29, 1.82) is 0 Å². The molecular weight excluding hydrogens is 286 g/mol. The molecule has 0 aliphatic carbocycles. The van der Waals surface area contributed by atoms with E-state index in [0.717, 1.165) is 22.9 Å². The maximum Gasteiger partial charge on any atom is 0.143 e. The molecule has 0 radical (unpaired) electrons. The average molecular weight is 301 g/mol. The Hall–Kier alpha value is -2.19. The van der Waals surface area contributed by atoms with Crippen molar-refractivity contribution in [3.8, 4) is 10.7 Å². The summed E-state index contributed by atoms with van der Waals surface area (Å²) in [6.07, 6.45) is 8.32. The number of hydrogen-bond acceptors (Lipinski definition) is 7. The van der Waals surface area contributed by atoms with Gasteiger partial charge in [-0.25, -0.2) is 9.97 Å². The minimum Gasteiger partial charge on any atom is -0.307 e. The number of nitrogens with zero attached hydrogens (tertiary/aromatic N) is 6. The highest BCUT2D eigenvalue weighted by Gasteiger charge is 2.08. The van der Waals surface area contributed by atoms with E-state index in [2.05, 4.69) is 37.3 Å². The number of thiazole rings is 1. The molecule has 0 aliphatic heterocycles. The van der Waals surface area contributed by atoms with Gasteiger partial charge in [-0.15, -0.1) is 11.3 Å². The van der Waals surface area contributed by atoms with Crippen LogP contribution in [0, 0.1) is 0 Å². The van der Waals surface area contributed by atoms with E-state index in [1.807, 2.05) is 10.1 Å². The normalized spacial score (nSPS) is 12.4. The third kappa shape index (κ3) is 3.67. The Morgan fingerprint density at radius 2 is 2.29 bits per heavy atom. The molecule has 1 N–H and O–H groups in total. The summed E-state index contributed by atoms with van der Waals surface area (Å²) in [4.78, 5) is 16.8. The second-order valence-corrected chi connectivity index (χ2v) is 5.49. The van der Waals surface area contributed by atoms with E-state index >= 15 is 0 Å². The zero-order valence-corrected chi connectivity index (χ0v) is 12.4. The van der Waals surface area contributed by atoms with E-state index in [4.69, 9.17) is 0 Å². The third-order valence-electron chi connectivity index (χ3n) is 2.89. The summed E-state index contributed by atoms with van der Waals surface area (Å²) < 4.78 is 1.81. The lowest BCUT2D eigenvalue weighted by Crippen LogP contribution is -2.30. The maximum atomic E-state index is 4.57. The topological polar surface area (TPSA) is 81.4 Å². The zero-order chi connectivity index (χ0) is 14.5. The van der Waals surface area contributed by atoms with Crippen LogP contribution in [0.4, 0.5) is 0 Å². The fourth-order valence-electron chi connectivity index (χ4n) is 1.87. The van der Waals surface area contributed by atoms with E-state index in [9.17, 15) is 0 Å². The van der Waals surface area contributed by atoms with Crippen molar-refractivity contribution in [3.63, 3.8) is 0 Å². The van der Waals surface area contributed by atoms with Gasteiger partial charge in [-0.2, -0.15) is 5.10 Å². The predicted octanol–water partition coefficient (Wildman–Crippen LogP) is 1.37. The maximum absolute atomic E-state index is 4.57. The van der Waals surface area contributed by atoms with E-state index in [-0.39, 0.29) is 6.04 Å². The number of rotatable bonds is 6. The van der Waals surface area contributed by atoms with Crippen molar-refractivity contribution in [2.45, 2.75) is 26.1 Å². The summed E-state index contributed by atoms with van der Waals surface area (Å²) in [6.45, 7) is 3.60. The van der Waals surface area contributed by atoms with Gasteiger partial charge in [0.2, 0.25) is 0 Å². The smallest absolute Gasteiger partial charge is 0.143 e. The van der Waals surface area contributed by atoms with Gasteiger partial charge in [0.05, 0.1) is 18.4 Å². The van der Waals surface area contributed by atoms with Crippen LogP contribution in [0.15, 0.2) is 36.6 Å². The Labute approximate surface area is 126 Å². The summed E-state index contributed by atoms with van der Waals surface area (Å²) in [7, 11) is 0. The highest BCUT2D eigenvalue weighted by Crippen LogP contribution is 2.20. The summed E-state index contributed by atoms with van der Waals surface area (Å²) in [5.74, 6) is 0. The summed E-state index contributed by atoms with van der Waals surface area (Å²) >= 11 is 1.58. The minimum absolute atomic E-state index is 0.286. The molecule has 0 aromatic carbocycles. The quantitative estimate of drug-likeness (QED) is 0.740. The number of hydrogen-bond donors (Lipinski definition) is 1. The highest BCUT2D eigenvalue weighted by atomic mass is 32.1. The van der Waals surface area contributed by atoms with Crippen LogP contribution in [0.3, 0.4) is 0 Å². The zero-order valence-electron chi connectivity index (χ0n) is 11.5. The van der Waals surface area contributed by atoms with Crippen LogP contribution in [0.2, 0.25) is 0 Å². The Morgan fingerprint density at radius 3 is 3.05 bits per heavy atom. The monoisotopic (exact) mass is 301 g/mol. The van der Waals surface area contributed by atoms with E-state index in [1.54, 1.807) is 42.6 Å². The molecule has 0 saturated carbocycles. The Kier molecular flexibility index (Phi) is 4.27. The molecule has 3 aromatic heterocycles. The molecule has 3 heterocycles. The first kappa shape index (κ1) is 13.8. The van der Waals surface area contributed by atoms with Crippen LogP contribution in [0.5, 0.6) is 0 Å². The van der Waals surface area contributed by atoms with E-state index in [1.165, 1.54) is 0 Å². The second kappa shape index (κ2) is 6.51. The molecule has 7 nitrogen and oxygen atoms in total. The predicted molar refractivity (Wildman–Crippen MR) is 79.5 cm³/mol. The van der Waals surface area contributed by atoms with Crippen LogP contribution in [-0.2, 0) is 13.1 Å². The van der Waals surface area contributed by atoms with Crippen molar-refractivity contribution < 1.29 is 0 Å². The Balaban J connectivity index is 1.55. The van der Waals surface area contributed by atoms with Crippen molar-refractivity contribution in [3.05, 3.63) is 42.3 Å². The SMILES string of the molecule is CC(Cn1cncn1)NCc1csc(-c2cnccn2)n1. The lowest BCUT2D eigenvalue weighted by Gasteiger charge is -2.12. The van der Waals surface area contributed by atoms with Crippen molar-refractivity contribution in [2.24, 2.45) is 0 Å². The molecule has 0 aliphatic rings. The Morgan fingerprint density at radius 1 is 1.33 bits per heavy atom. The van der Waals surface area contributed by atoms with Crippen LogP contribution in [0.1, 0.15) is 12.6 Å².